The molecule has 1 unspecified atom stereocenters. The van der Waals surface area contributed by atoms with Gasteiger partial charge >= 0.3 is 0 Å². The zero-order chi connectivity index (χ0) is 9.68. The molecule has 0 aromatic heterocycles. The predicted octanol–water partition coefficient (Wildman–Crippen LogP) is 2.77. The van der Waals surface area contributed by atoms with Crippen LogP contribution >= 0.6 is 0 Å². The fraction of sp³-hybridized carbons (Fsp3) is 0.500. The van der Waals surface area contributed by atoms with E-state index in [0.717, 1.165) is 0 Å². The Bertz CT molecular complexity index is 225. The Morgan fingerprint density at radius 3 is 2.77 bits per heavy atom. The molecule has 72 valence electrons. The summed E-state index contributed by atoms with van der Waals surface area (Å²) in [5.74, 6) is 0. The highest BCUT2D eigenvalue weighted by Crippen LogP contribution is 2.22. The smallest absolute Gasteiger partial charge is 0.0345 e. The van der Waals surface area contributed by atoms with Crippen LogP contribution in [-0.2, 0) is 0 Å². The van der Waals surface area contributed by atoms with Gasteiger partial charge in [0.2, 0.25) is 0 Å². The molecule has 13 heavy (non-hydrogen) atoms. The summed E-state index contributed by atoms with van der Waals surface area (Å²) in [5, 5.41) is 0. The molecule has 1 nitrogen and oxygen atoms in total. The molecule has 0 aliphatic carbocycles. The first-order valence-corrected chi connectivity index (χ1v) is 4.95. The molecule has 1 fully saturated rings. The standard InChI is InChI=1S/C12H19N/c1-4-7-11(8-5-2)12-9-6-10-13(12)3/h4-5,7-8,12H,1,6,9-10H2,2-3H3/b8-5-,11-7+. The fourth-order valence-electron chi connectivity index (χ4n) is 1.94. The summed E-state index contributed by atoms with van der Waals surface area (Å²) in [5.41, 5.74) is 1.39. The quantitative estimate of drug-likeness (QED) is 0.599. The molecule has 0 N–H and O–H groups in total. The Balaban J connectivity index is 2.74. The zero-order valence-electron chi connectivity index (χ0n) is 8.66. The van der Waals surface area contributed by atoms with E-state index in [4.69, 9.17) is 0 Å². The van der Waals surface area contributed by atoms with Crippen LogP contribution in [0.4, 0.5) is 0 Å². The number of allylic oxidation sites excluding steroid dienone is 3. The van der Waals surface area contributed by atoms with E-state index >= 15 is 0 Å². The molecule has 0 bridgehead atoms. The average molecular weight is 177 g/mol. The molecule has 1 atom stereocenters. The van der Waals surface area contributed by atoms with Gasteiger partial charge in [-0.25, -0.2) is 0 Å². The topological polar surface area (TPSA) is 3.24 Å². The van der Waals surface area contributed by atoms with Gasteiger partial charge < -0.3 is 0 Å². The second-order valence-electron chi connectivity index (χ2n) is 3.54. The number of rotatable bonds is 3. The van der Waals surface area contributed by atoms with Gasteiger partial charge in [0, 0.05) is 6.04 Å². The summed E-state index contributed by atoms with van der Waals surface area (Å²) in [6.07, 6.45) is 10.9. The first-order chi connectivity index (χ1) is 6.29. The summed E-state index contributed by atoms with van der Waals surface area (Å²) in [7, 11) is 2.19. The molecule has 1 saturated heterocycles. The van der Waals surface area contributed by atoms with E-state index in [0.29, 0.717) is 6.04 Å². The molecule has 1 heteroatoms. The van der Waals surface area contributed by atoms with E-state index in [1.165, 1.54) is 25.0 Å². The third-order valence-electron chi connectivity index (χ3n) is 2.57. The Labute approximate surface area is 81.4 Å². The van der Waals surface area contributed by atoms with E-state index < -0.39 is 0 Å². The predicted molar refractivity (Wildman–Crippen MR) is 58.7 cm³/mol. The van der Waals surface area contributed by atoms with Crippen LogP contribution in [0.1, 0.15) is 19.8 Å². The van der Waals surface area contributed by atoms with Crippen LogP contribution in [0.2, 0.25) is 0 Å². The first-order valence-electron chi connectivity index (χ1n) is 4.95. The Morgan fingerprint density at radius 2 is 2.31 bits per heavy atom. The maximum atomic E-state index is 3.75. The summed E-state index contributed by atoms with van der Waals surface area (Å²) in [6.45, 7) is 7.03. The highest BCUT2D eigenvalue weighted by molar-refractivity contribution is 5.28. The van der Waals surface area contributed by atoms with Crippen molar-refractivity contribution >= 4 is 0 Å². The van der Waals surface area contributed by atoms with Crippen LogP contribution in [0.5, 0.6) is 0 Å². The van der Waals surface area contributed by atoms with Crippen molar-refractivity contribution in [3.8, 4) is 0 Å². The van der Waals surface area contributed by atoms with Gasteiger partial charge in [-0.1, -0.05) is 30.9 Å². The highest BCUT2D eigenvalue weighted by atomic mass is 15.1. The SMILES string of the molecule is C=C/C=C(\C=C/C)C1CCCN1C. The number of hydrogen-bond donors (Lipinski definition) is 0. The molecule has 0 amide bonds. The lowest BCUT2D eigenvalue weighted by atomic mass is 10.0. The summed E-state index contributed by atoms with van der Waals surface area (Å²) < 4.78 is 0. The van der Waals surface area contributed by atoms with E-state index in [-0.39, 0.29) is 0 Å². The molecule has 1 heterocycles. The van der Waals surface area contributed by atoms with E-state index in [1.54, 1.807) is 0 Å². The van der Waals surface area contributed by atoms with Crippen molar-refractivity contribution in [2.75, 3.05) is 13.6 Å². The van der Waals surface area contributed by atoms with Crippen molar-refractivity contribution in [2.45, 2.75) is 25.8 Å². The van der Waals surface area contributed by atoms with Gasteiger partial charge in [-0.15, -0.1) is 0 Å². The maximum Gasteiger partial charge on any atom is 0.0345 e. The van der Waals surface area contributed by atoms with Crippen LogP contribution in [0, 0.1) is 0 Å². The normalized spacial score (nSPS) is 25.7. The van der Waals surface area contributed by atoms with Crippen molar-refractivity contribution in [1.29, 1.82) is 0 Å². The molecule has 1 aliphatic heterocycles. The van der Waals surface area contributed by atoms with Crippen LogP contribution in [0.3, 0.4) is 0 Å². The monoisotopic (exact) mass is 177 g/mol. The Morgan fingerprint density at radius 1 is 1.54 bits per heavy atom. The van der Waals surface area contributed by atoms with E-state index in [2.05, 4.69) is 43.7 Å². The lowest BCUT2D eigenvalue weighted by Gasteiger charge is -2.20. The molecular weight excluding hydrogens is 158 g/mol. The third-order valence-corrected chi connectivity index (χ3v) is 2.57. The van der Waals surface area contributed by atoms with Crippen LogP contribution in [0.25, 0.3) is 0 Å². The van der Waals surface area contributed by atoms with Crippen LogP contribution < -0.4 is 0 Å². The second-order valence-corrected chi connectivity index (χ2v) is 3.54. The summed E-state index contributed by atoms with van der Waals surface area (Å²) in [6, 6.07) is 0.606. The van der Waals surface area contributed by atoms with Gasteiger partial charge in [-0.2, -0.15) is 0 Å². The van der Waals surface area contributed by atoms with Gasteiger partial charge in [-0.3, -0.25) is 4.90 Å². The van der Waals surface area contributed by atoms with Crippen LogP contribution in [-0.4, -0.2) is 24.5 Å². The molecule has 0 aromatic carbocycles. The first kappa shape index (κ1) is 10.3. The van der Waals surface area contributed by atoms with Gasteiger partial charge in [0.25, 0.3) is 0 Å². The second kappa shape index (κ2) is 5.03. The Hall–Kier alpha value is -0.820. The van der Waals surface area contributed by atoms with Crippen molar-refractivity contribution in [3.05, 3.63) is 36.5 Å². The molecule has 0 spiro atoms. The molecule has 1 rings (SSSR count). The van der Waals surface area contributed by atoms with Crippen molar-refractivity contribution in [2.24, 2.45) is 0 Å². The third kappa shape index (κ3) is 2.56. The number of nitrogens with zero attached hydrogens (tertiary/aromatic N) is 1. The maximum absolute atomic E-state index is 3.75. The van der Waals surface area contributed by atoms with Crippen molar-refractivity contribution < 1.29 is 0 Å². The minimum atomic E-state index is 0.606. The van der Waals surface area contributed by atoms with Gasteiger partial charge in [0.15, 0.2) is 0 Å². The zero-order valence-corrected chi connectivity index (χ0v) is 8.66. The number of likely N-dealkylation sites (N-methyl/N-ethyl adjacent to an activating group) is 1. The lowest BCUT2D eigenvalue weighted by molar-refractivity contribution is 0.349. The summed E-state index contributed by atoms with van der Waals surface area (Å²) in [4.78, 5) is 2.41. The van der Waals surface area contributed by atoms with E-state index in [9.17, 15) is 0 Å². The van der Waals surface area contributed by atoms with Crippen molar-refractivity contribution in [1.82, 2.24) is 4.90 Å². The van der Waals surface area contributed by atoms with Gasteiger partial charge in [-0.05, 0) is 38.9 Å². The molecule has 1 aliphatic rings. The summed E-state index contributed by atoms with van der Waals surface area (Å²) >= 11 is 0. The van der Waals surface area contributed by atoms with Gasteiger partial charge in [0.1, 0.15) is 0 Å². The fourth-order valence-corrected chi connectivity index (χ4v) is 1.94. The highest BCUT2D eigenvalue weighted by Gasteiger charge is 2.22. The number of likely N-dealkylation sites (tertiary alicyclic amines) is 1. The average Bonchev–Trinajstić information content (AvgIpc) is 2.51. The molecule has 0 radical (unpaired) electrons. The molecule has 0 aromatic rings. The largest absolute Gasteiger partial charge is 0.299 e. The lowest BCUT2D eigenvalue weighted by Crippen LogP contribution is -2.26. The molecule has 0 saturated carbocycles. The van der Waals surface area contributed by atoms with Crippen molar-refractivity contribution in [3.63, 3.8) is 0 Å². The van der Waals surface area contributed by atoms with Gasteiger partial charge in [0.05, 0.1) is 0 Å². The van der Waals surface area contributed by atoms with Crippen LogP contribution in [0.15, 0.2) is 36.5 Å². The molecular formula is C12H19N. The Kier molecular flexibility index (Phi) is 3.97. The number of hydrogen-bond acceptors (Lipinski definition) is 1. The minimum absolute atomic E-state index is 0.606. The minimum Gasteiger partial charge on any atom is -0.299 e. The van der Waals surface area contributed by atoms with E-state index in [1.807, 2.05) is 6.08 Å².